The zero-order chi connectivity index (χ0) is 45.9. The van der Waals surface area contributed by atoms with Gasteiger partial charge in [-0.15, -0.1) is 0 Å². The predicted octanol–water partition coefficient (Wildman–Crippen LogP) is 18.1. The van der Waals surface area contributed by atoms with E-state index in [4.69, 9.17) is 0 Å². The normalized spacial score (nSPS) is 19.9. The molecule has 0 aliphatic heterocycles. The average Bonchev–Trinajstić information content (AvgIpc) is 4.03. The highest BCUT2D eigenvalue weighted by atomic mass is 15.1. The van der Waals surface area contributed by atoms with Crippen molar-refractivity contribution in [2.24, 2.45) is 23.7 Å². The maximum atomic E-state index is 2.61. The molecule has 0 spiro atoms. The Labute approximate surface area is 407 Å². The van der Waals surface area contributed by atoms with Gasteiger partial charge in [-0.05, 0) is 151 Å². The number of hydrogen-bond donors (Lipinski definition) is 0. The lowest BCUT2D eigenvalue weighted by Crippen LogP contribution is -2.38. The van der Waals surface area contributed by atoms with Gasteiger partial charge in [0.05, 0.1) is 11.1 Å². The Morgan fingerprint density at radius 1 is 0.420 bits per heavy atom. The zero-order valence-electron chi connectivity index (χ0n) is 39.4. The first-order valence-electron chi connectivity index (χ1n) is 25.5. The summed E-state index contributed by atoms with van der Waals surface area (Å²) in [5.74, 6) is 3.70. The Morgan fingerprint density at radius 2 is 1.00 bits per heavy atom. The SMILES string of the molecule is CCC1C[C@H]2C[C@@H]1CC2CC1c2ccccc2C(c2ccccc2)(c2ccccc2)c2ccc(-c3cccc(N(c4ccc(-c5cccc6ccccc56)cc4)c4cccc5ccccc45)c3)cc21. The van der Waals surface area contributed by atoms with Crippen LogP contribution in [-0.4, -0.2) is 0 Å². The van der Waals surface area contributed by atoms with Crippen molar-refractivity contribution in [1.29, 1.82) is 0 Å². The number of fused-ring (bicyclic) bond motifs is 6. The third kappa shape index (κ3) is 6.96. The fraction of sp³-hybridized carbons (Fsp3) is 0.176. The summed E-state index contributed by atoms with van der Waals surface area (Å²) >= 11 is 0. The maximum Gasteiger partial charge on any atom is 0.0707 e. The largest absolute Gasteiger partial charge is 0.310 e. The van der Waals surface area contributed by atoms with E-state index in [2.05, 4.69) is 248 Å². The Kier molecular flexibility index (Phi) is 10.4. The minimum absolute atomic E-state index is 0.303. The van der Waals surface area contributed by atoms with E-state index in [0.29, 0.717) is 5.92 Å². The standard InChI is InChI=1S/C68H57N/c1-2-46-40-53-41-52(46)42-54(53)45-63-62-30-13-14-32-65(62)68(55-23-5-3-6-24-55,56-25-7-4-8-26-56)66-39-36-51(44-64(63)66)50-22-15-27-58(43-50)69(67-33-17-21-48-19-10-12-29-61(48)67)57-37-34-49(35-38-57)60-31-16-20-47-18-9-11-28-59(47)60/h3-39,43-44,46,52-54,63H,2,40-42,45H2,1H3/t46?,52-,53+,54?,63?/m1/s1. The molecule has 10 aromatic carbocycles. The minimum atomic E-state index is -0.462. The number of nitrogens with zero attached hydrogens (tertiary/aromatic N) is 1. The molecule has 0 aromatic heterocycles. The van der Waals surface area contributed by atoms with Gasteiger partial charge in [0.15, 0.2) is 0 Å². The van der Waals surface area contributed by atoms with Crippen molar-refractivity contribution in [3.05, 3.63) is 270 Å². The highest BCUT2D eigenvalue weighted by Gasteiger charge is 2.50. The zero-order valence-corrected chi connectivity index (χ0v) is 39.4. The van der Waals surface area contributed by atoms with E-state index >= 15 is 0 Å². The summed E-state index contributed by atoms with van der Waals surface area (Å²) in [7, 11) is 0. The Balaban J connectivity index is 0.973. The van der Waals surface area contributed by atoms with Gasteiger partial charge in [0, 0.05) is 22.7 Å². The third-order valence-corrected chi connectivity index (χ3v) is 16.9. The number of benzene rings is 10. The molecule has 69 heavy (non-hydrogen) atoms. The van der Waals surface area contributed by atoms with Crippen molar-refractivity contribution in [1.82, 2.24) is 0 Å². The summed E-state index contributed by atoms with van der Waals surface area (Å²) in [6.45, 7) is 2.42. The van der Waals surface area contributed by atoms with E-state index in [1.807, 2.05) is 0 Å². The molecule has 5 atom stereocenters. The fourth-order valence-electron chi connectivity index (χ4n) is 13.8. The minimum Gasteiger partial charge on any atom is -0.310 e. The molecule has 10 aromatic rings. The molecular weight excluding hydrogens is 831 g/mol. The molecule has 3 unspecified atom stereocenters. The Hall–Kier alpha value is -7.48. The van der Waals surface area contributed by atoms with Crippen LogP contribution in [0.4, 0.5) is 17.1 Å². The van der Waals surface area contributed by atoms with E-state index in [-0.39, 0.29) is 0 Å². The van der Waals surface area contributed by atoms with Gasteiger partial charge < -0.3 is 4.90 Å². The van der Waals surface area contributed by atoms with Gasteiger partial charge >= 0.3 is 0 Å². The number of rotatable bonds is 10. The van der Waals surface area contributed by atoms with E-state index in [9.17, 15) is 0 Å². The second kappa shape index (κ2) is 17.2. The van der Waals surface area contributed by atoms with Crippen LogP contribution in [0, 0.1) is 23.7 Å². The smallest absolute Gasteiger partial charge is 0.0707 e. The summed E-state index contributed by atoms with van der Waals surface area (Å²) in [5.41, 5.74) is 16.4. The summed E-state index contributed by atoms with van der Waals surface area (Å²) in [6, 6.07) is 89.1. The quantitative estimate of drug-likeness (QED) is 0.132. The highest BCUT2D eigenvalue weighted by Crippen LogP contribution is 2.60. The van der Waals surface area contributed by atoms with Crippen LogP contribution in [0.2, 0.25) is 0 Å². The molecule has 0 amide bonds. The van der Waals surface area contributed by atoms with Crippen LogP contribution in [0.25, 0.3) is 43.8 Å². The van der Waals surface area contributed by atoms with Crippen molar-refractivity contribution in [2.45, 2.75) is 50.4 Å². The monoisotopic (exact) mass is 887 g/mol. The molecule has 0 saturated heterocycles. The summed E-state index contributed by atoms with van der Waals surface area (Å²) < 4.78 is 0. The van der Waals surface area contributed by atoms with E-state index in [1.54, 1.807) is 0 Å². The van der Waals surface area contributed by atoms with Crippen molar-refractivity contribution < 1.29 is 0 Å². The number of hydrogen-bond acceptors (Lipinski definition) is 1. The van der Waals surface area contributed by atoms with Gasteiger partial charge in [0.1, 0.15) is 0 Å². The predicted molar refractivity (Wildman–Crippen MR) is 290 cm³/mol. The van der Waals surface area contributed by atoms with Crippen molar-refractivity contribution in [2.75, 3.05) is 4.90 Å². The molecule has 1 nitrogen and oxygen atoms in total. The highest BCUT2D eigenvalue weighted by molar-refractivity contribution is 6.00. The first kappa shape index (κ1) is 41.7. The molecule has 2 saturated carbocycles. The molecule has 13 rings (SSSR count). The van der Waals surface area contributed by atoms with Crippen LogP contribution in [0.1, 0.15) is 78.3 Å². The van der Waals surface area contributed by atoms with Gasteiger partial charge in [-0.1, -0.05) is 220 Å². The summed E-state index contributed by atoms with van der Waals surface area (Å²) in [4.78, 5) is 2.46. The van der Waals surface area contributed by atoms with Crippen LogP contribution in [0.3, 0.4) is 0 Å². The van der Waals surface area contributed by atoms with Gasteiger partial charge in [0.25, 0.3) is 0 Å². The molecule has 0 N–H and O–H groups in total. The summed E-state index contributed by atoms with van der Waals surface area (Å²) in [5, 5.41) is 4.98. The first-order chi connectivity index (χ1) is 34.2. The second-order valence-electron chi connectivity index (χ2n) is 20.3. The molecule has 3 aliphatic carbocycles. The van der Waals surface area contributed by atoms with Gasteiger partial charge in [-0.25, -0.2) is 0 Å². The average molecular weight is 888 g/mol. The molecular formula is C68H57N. The molecule has 1 heteroatoms. The van der Waals surface area contributed by atoms with Gasteiger partial charge in [-0.2, -0.15) is 0 Å². The Bertz CT molecular complexity index is 3430. The number of anilines is 3. The second-order valence-corrected chi connectivity index (χ2v) is 20.3. The lowest BCUT2D eigenvalue weighted by atomic mass is 9.56. The molecule has 3 aliphatic rings. The van der Waals surface area contributed by atoms with Crippen molar-refractivity contribution in [3.8, 4) is 22.3 Å². The van der Waals surface area contributed by atoms with Crippen molar-refractivity contribution >= 4 is 38.6 Å². The topological polar surface area (TPSA) is 3.24 Å². The lowest BCUT2D eigenvalue weighted by Gasteiger charge is -2.46. The lowest BCUT2D eigenvalue weighted by molar-refractivity contribution is 0.235. The molecule has 2 bridgehead atoms. The maximum absolute atomic E-state index is 2.61. The fourth-order valence-corrected chi connectivity index (χ4v) is 13.8. The van der Waals surface area contributed by atoms with E-state index < -0.39 is 5.41 Å². The van der Waals surface area contributed by atoms with Crippen LogP contribution < -0.4 is 4.90 Å². The van der Waals surface area contributed by atoms with Crippen LogP contribution in [-0.2, 0) is 5.41 Å². The van der Waals surface area contributed by atoms with E-state index in [0.717, 1.165) is 40.7 Å². The van der Waals surface area contributed by atoms with Gasteiger partial charge in [0.2, 0.25) is 0 Å². The molecule has 0 heterocycles. The molecule has 334 valence electrons. The molecule has 2 fully saturated rings. The first-order valence-corrected chi connectivity index (χ1v) is 25.5. The van der Waals surface area contributed by atoms with Crippen LogP contribution in [0.5, 0.6) is 0 Å². The Morgan fingerprint density at radius 3 is 1.74 bits per heavy atom. The van der Waals surface area contributed by atoms with Crippen molar-refractivity contribution in [3.63, 3.8) is 0 Å². The van der Waals surface area contributed by atoms with Gasteiger partial charge in [-0.3, -0.25) is 0 Å². The van der Waals surface area contributed by atoms with E-state index in [1.165, 1.54) is 109 Å². The van der Waals surface area contributed by atoms with Crippen LogP contribution >= 0.6 is 0 Å². The molecule has 0 radical (unpaired) electrons. The van der Waals surface area contributed by atoms with Crippen LogP contribution in [0.15, 0.2) is 237 Å². The summed E-state index contributed by atoms with van der Waals surface area (Å²) in [6.07, 6.45) is 6.75. The third-order valence-electron chi connectivity index (χ3n) is 16.9.